The molecule has 0 saturated carbocycles. The van der Waals surface area contributed by atoms with Crippen molar-refractivity contribution >= 4 is 16.9 Å². The summed E-state index contributed by atoms with van der Waals surface area (Å²) in [7, 11) is 3.24. The number of rotatable bonds is 11. The molecule has 3 aromatic rings. The molecule has 3 rings (SSSR count). The average Bonchev–Trinajstić information content (AvgIpc) is 3.28. The van der Waals surface area contributed by atoms with Crippen LogP contribution < -0.4 is 19.5 Å². The van der Waals surface area contributed by atoms with Crippen molar-refractivity contribution < 1.29 is 23.7 Å². The Kier molecular flexibility index (Phi) is 8.16. The lowest BCUT2D eigenvalue weighted by atomic mass is 9.97. The number of carbonyl (C=O) groups excluding carboxylic acids is 1. The summed E-state index contributed by atoms with van der Waals surface area (Å²) in [5.74, 6) is 1.84. The topological polar surface area (TPSA) is 94.7 Å². The minimum Gasteiger partial charge on any atom is -0.493 e. The molecular weight excluding hydrogens is 422 g/mol. The first kappa shape index (κ1) is 24.4. The summed E-state index contributed by atoms with van der Waals surface area (Å²) in [6.45, 7) is 6.92. The summed E-state index contributed by atoms with van der Waals surface area (Å²) in [6, 6.07) is 11.6. The van der Waals surface area contributed by atoms with Crippen LogP contribution in [-0.4, -0.2) is 56.2 Å². The number of aromatic nitrogens is 2. The number of benzene rings is 2. The van der Waals surface area contributed by atoms with Crippen LogP contribution >= 0.6 is 0 Å². The van der Waals surface area contributed by atoms with Gasteiger partial charge in [-0.15, -0.1) is 0 Å². The first-order valence-corrected chi connectivity index (χ1v) is 11.0. The van der Waals surface area contributed by atoms with Gasteiger partial charge in [0.15, 0.2) is 11.5 Å². The van der Waals surface area contributed by atoms with Crippen molar-refractivity contribution in [1.82, 2.24) is 15.5 Å². The SMILES string of the molecule is COc1ccc(CCNCC(COc2cccc3[nH]ncc23)OC(=O)C(C)(C)C)cc1OC. The van der Waals surface area contributed by atoms with Gasteiger partial charge in [-0.25, -0.2) is 0 Å². The molecule has 8 nitrogen and oxygen atoms in total. The fourth-order valence-electron chi connectivity index (χ4n) is 3.24. The van der Waals surface area contributed by atoms with Crippen LogP contribution in [0, 0.1) is 5.41 Å². The van der Waals surface area contributed by atoms with Gasteiger partial charge in [0.25, 0.3) is 0 Å². The van der Waals surface area contributed by atoms with E-state index >= 15 is 0 Å². The van der Waals surface area contributed by atoms with Crippen molar-refractivity contribution in [1.29, 1.82) is 0 Å². The summed E-state index contributed by atoms with van der Waals surface area (Å²) in [5, 5.41) is 11.3. The van der Waals surface area contributed by atoms with Crippen molar-refractivity contribution in [2.24, 2.45) is 5.41 Å². The molecule has 0 amide bonds. The Labute approximate surface area is 194 Å². The molecule has 0 aliphatic heterocycles. The van der Waals surface area contributed by atoms with Crippen LogP contribution in [0.5, 0.6) is 17.2 Å². The van der Waals surface area contributed by atoms with E-state index in [0.717, 1.165) is 22.9 Å². The molecule has 33 heavy (non-hydrogen) atoms. The molecule has 0 bridgehead atoms. The van der Waals surface area contributed by atoms with E-state index in [9.17, 15) is 4.79 Å². The maximum absolute atomic E-state index is 12.5. The highest BCUT2D eigenvalue weighted by molar-refractivity contribution is 5.84. The quantitative estimate of drug-likeness (QED) is 0.336. The normalized spacial score (nSPS) is 12.4. The number of ether oxygens (including phenoxy) is 4. The van der Waals surface area contributed by atoms with E-state index < -0.39 is 11.5 Å². The maximum Gasteiger partial charge on any atom is 0.311 e. The molecule has 2 aromatic carbocycles. The van der Waals surface area contributed by atoms with E-state index in [2.05, 4.69) is 15.5 Å². The Morgan fingerprint density at radius 1 is 1.09 bits per heavy atom. The number of carbonyl (C=O) groups is 1. The average molecular weight is 456 g/mol. The number of methoxy groups -OCH3 is 2. The molecule has 1 aromatic heterocycles. The molecule has 2 N–H and O–H groups in total. The molecule has 1 heterocycles. The van der Waals surface area contributed by atoms with E-state index in [1.54, 1.807) is 20.4 Å². The van der Waals surface area contributed by atoms with Gasteiger partial charge in [0.2, 0.25) is 0 Å². The van der Waals surface area contributed by atoms with Gasteiger partial charge < -0.3 is 24.3 Å². The third-order valence-electron chi connectivity index (χ3n) is 5.17. The predicted molar refractivity (Wildman–Crippen MR) is 127 cm³/mol. The Morgan fingerprint density at radius 2 is 1.88 bits per heavy atom. The molecule has 0 radical (unpaired) electrons. The van der Waals surface area contributed by atoms with E-state index in [4.69, 9.17) is 18.9 Å². The van der Waals surface area contributed by atoms with Gasteiger partial charge in [-0.05, 0) is 63.6 Å². The van der Waals surface area contributed by atoms with Crippen LogP contribution in [0.25, 0.3) is 10.9 Å². The second-order valence-corrected chi connectivity index (χ2v) is 8.82. The van der Waals surface area contributed by atoms with Gasteiger partial charge in [-0.2, -0.15) is 5.10 Å². The van der Waals surface area contributed by atoms with Crippen molar-refractivity contribution in [3.63, 3.8) is 0 Å². The highest BCUT2D eigenvalue weighted by Gasteiger charge is 2.26. The first-order chi connectivity index (χ1) is 15.8. The van der Waals surface area contributed by atoms with Crippen LogP contribution in [0.1, 0.15) is 26.3 Å². The molecule has 0 aliphatic carbocycles. The smallest absolute Gasteiger partial charge is 0.311 e. The predicted octanol–water partition coefficient (Wildman–Crippen LogP) is 3.75. The number of aromatic amines is 1. The summed E-state index contributed by atoms with van der Waals surface area (Å²) in [6.07, 6.45) is 2.07. The number of nitrogens with one attached hydrogen (secondary N) is 2. The summed E-state index contributed by atoms with van der Waals surface area (Å²) in [5.41, 5.74) is 1.41. The summed E-state index contributed by atoms with van der Waals surface area (Å²) >= 11 is 0. The van der Waals surface area contributed by atoms with Crippen LogP contribution in [0.15, 0.2) is 42.6 Å². The number of esters is 1. The third-order valence-corrected chi connectivity index (χ3v) is 5.17. The van der Waals surface area contributed by atoms with Gasteiger partial charge in [0.05, 0.1) is 36.7 Å². The van der Waals surface area contributed by atoms with Gasteiger partial charge in [0, 0.05) is 6.54 Å². The van der Waals surface area contributed by atoms with Crippen LogP contribution in [0.3, 0.4) is 0 Å². The zero-order valence-electron chi connectivity index (χ0n) is 19.9. The number of hydrogen-bond acceptors (Lipinski definition) is 7. The van der Waals surface area contributed by atoms with Gasteiger partial charge >= 0.3 is 5.97 Å². The molecule has 0 spiro atoms. The molecule has 0 fully saturated rings. The summed E-state index contributed by atoms with van der Waals surface area (Å²) in [4.78, 5) is 12.5. The molecular formula is C25H33N3O5. The fraction of sp³-hybridized carbons (Fsp3) is 0.440. The molecule has 178 valence electrons. The molecule has 1 atom stereocenters. The molecule has 8 heteroatoms. The van der Waals surface area contributed by atoms with E-state index in [-0.39, 0.29) is 12.6 Å². The highest BCUT2D eigenvalue weighted by Crippen LogP contribution is 2.27. The van der Waals surface area contributed by atoms with Crippen LogP contribution in [-0.2, 0) is 16.0 Å². The van der Waals surface area contributed by atoms with Crippen molar-refractivity contribution in [3.8, 4) is 17.2 Å². The molecule has 0 saturated heterocycles. The lowest BCUT2D eigenvalue weighted by Crippen LogP contribution is -2.39. The van der Waals surface area contributed by atoms with Gasteiger partial charge in [-0.1, -0.05) is 12.1 Å². The van der Waals surface area contributed by atoms with Gasteiger partial charge in [0.1, 0.15) is 18.5 Å². The number of fused-ring (bicyclic) bond motifs is 1. The number of hydrogen-bond donors (Lipinski definition) is 2. The Bertz CT molecular complexity index is 1060. The standard InChI is InChI=1S/C25H33N3O5/c1-25(2,3)24(29)33-18(16-32-21-8-6-7-20-19(21)15-27-28-20)14-26-12-11-17-9-10-22(30-4)23(13-17)31-5/h6-10,13,15,18,26H,11-12,14,16H2,1-5H3,(H,27,28). The zero-order chi connectivity index (χ0) is 23.8. The minimum atomic E-state index is -0.595. The zero-order valence-corrected chi connectivity index (χ0v) is 19.9. The number of nitrogens with zero attached hydrogens (tertiary/aromatic N) is 1. The number of H-pyrrole nitrogens is 1. The lowest BCUT2D eigenvalue weighted by molar-refractivity contribution is -0.159. The lowest BCUT2D eigenvalue weighted by Gasteiger charge is -2.24. The van der Waals surface area contributed by atoms with Gasteiger partial charge in [-0.3, -0.25) is 9.89 Å². The van der Waals surface area contributed by atoms with Crippen molar-refractivity contribution in [3.05, 3.63) is 48.2 Å². The van der Waals surface area contributed by atoms with E-state index in [1.165, 1.54) is 0 Å². The van der Waals surface area contributed by atoms with Crippen molar-refractivity contribution in [2.75, 3.05) is 33.9 Å². The largest absolute Gasteiger partial charge is 0.493 e. The second kappa shape index (κ2) is 11.0. The fourth-order valence-corrected chi connectivity index (χ4v) is 3.24. The second-order valence-electron chi connectivity index (χ2n) is 8.82. The Hall–Kier alpha value is -3.26. The molecule has 1 unspecified atom stereocenters. The monoisotopic (exact) mass is 455 g/mol. The van der Waals surface area contributed by atoms with Crippen LogP contribution in [0.4, 0.5) is 0 Å². The van der Waals surface area contributed by atoms with E-state index in [1.807, 2.05) is 57.2 Å². The third kappa shape index (κ3) is 6.61. The molecule has 0 aliphatic rings. The minimum absolute atomic E-state index is 0.232. The van der Waals surface area contributed by atoms with E-state index in [0.29, 0.717) is 30.3 Å². The highest BCUT2D eigenvalue weighted by atomic mass is 16.6. The Balaban J connectivity index is 1.58. The maximum atomic E-state index is 12.5. The van der Waals surface area contributed by atoms with Crippen LogP contribution in [0.2, 0.25) is 0 Å². The first-order valence-electron chi connectivity index (χ1n) is 11.0. The summed E-state index contributed by atoms with van der Waals surface area (Å²) < 4.78 is 22.4. The Morgan fingerprint density at radius 3 is 2.61 bits per heavy atom. The van der Waals surface area contributed by atoms with Crippen molar-refractivity contribution in [2.45, 2.75) is 33.3 Å².